The molecule has 5 heteroatoms. The van der Waals surface area contributed by atoms with Crippen LogP contribution in [-0.2, 0) is 20.1 Å². The Morgan fingerprint density at radius 3 is 2.68 bits per heavy atom. The molecule has 0 aliphatic heterocycles. The van der Waals surface area contributed by atoms with Crippen LogP contribution in [0.1, 0.15) is 22.4 Å². The largest absolute Gasteiger partial charge is 0.308 e. The van der Waals surface area contributed by atoms with Gasteiger partial charge in [-0.05, 0) is 19.1 Å². The molecule has 19 heavy (non-hydrogen) atoms. The molecule has 2 aromatic rings. The van der Waals surface area contributed by atoms with E-state index in [4.69, 9.17) is 5.26 Å². The maximum absolute atomic E-state index is 13.6. The monoisotopic (exact) mass is 258 g/mol. The lowest BCUT2D eigenvalue weighted by molar-refractivity contribution is 0.587. The topological polar surface area (TPSA) is 53.6 Å². The second-order valence-corrected chi connectivity index (χ2v) is 4.40. The van der Waals surface area contributed by atoms with Crippen molar-refractivity contribution in [1.82, 2.24) is 15.1 Å². The Kier molecular flexibility index (Phi) is 3.93. The van der Waals surface area contributed by atoms with Gasteiger partial charge in [-0.25, -0.2) is 4.39 Å². The third-order valence-electron chi connectivity index (χ3n) is 3.15. The minimum absolute atomic E-state index is 0.337. The Hall–Kier alpha value is -2.19. The Bertz CT molecular complexity index is 625. The van der Waals surface area contributed by atoms with Gasteiger partial charge >= 0.3 is 0 Å². The first-order valence-electron chi connectivity index (χ1n) is 5.98. The highest BCUT2D eigenvalue weighted by molar-refractivity contribution is 5.32. The lowest BCUT2D eigenvalue weighted by Crippen LogP contribution is -2.14. The molecule has 0 amide bonds. The molecular weight excluding hydrogens is 243 g/mol. The van der Waals surface area contributed by atoms with Crippen molar-refractivity contribution in [2.45, 2.75) is 20.0 Å². The van der Waals surface area contributed by atoms with E-state index in [-0.39, 0.29) is 5.82 Å². The zero-order valence-corrected chi connectivity index (χ0v) is 10.9. The lowest BCUT2D eigenvalue weighted by atomic mass is 10.1. The highest BCUT2D eigenvalue weighted by Gasteiger charge is 2.05. The number of hydrogen-bond acceptors (Lipinski definition) is 3. The summed E-state index contributed by atoms with van der Waals surface area (Å²) in [6.07, 6.45) is 1.80. The summed E-state index contributed by atoms with van der Waals surface area (Å²) in [7, 11) is 1.89. The van der Waals surface area contributed by atoms with Gasteiger partial charge in [0.25, 0.3) is 0 Å². The van der Waals surface area contributed by atoms with Gasteiger partial charge in [0.1, 0.15) is 5.82 Å². The van der Waals surface area contributed by atoms with Gasteiger partial charge in [-0.1, -0.05) is 6.07 Å². The Balaban J connectivity index is 1.96. The van der Waals surface area contributed by atoms with Crippen LogP contribution in [-0.4, -0.2) is 9.78 Å². The summed E-state index contributed by atoms with van der Waals surface area (Å²) < 4.78 is 15.4. The number of nitrogens with one attached hydrogen (secondary N) is 1. The molecule has 0 unspecified atom stereocenters. The molecule has 0 saturated carbocycles. The van der Waals surface area contributed by atoms with Crippen molar-refractivity contribution in [2.75, 3.05) is 0 Å². The smallest absolute Gasteiger partial charge is 0.129 e. The molecule has 0 radical (unpaired) electrons. The fourth-order valence-corrected chi connectivity index (χ4v) is 1.81. The second-order valence-electron chi connectivity index (χ2n) is 4.40. The van der Waals surface area contributed by atoms with Gasteiger partial charge in [0.05, 0.1) is 17.8 Å². The number of nitriles is 1. The van der Waals surface area contributed by atoms with Crippen LogP contribution in [0.5, 0.6) is 0 Å². The molecule has 2 rings (SSSR count). The molecule has 0 aliphatic rings. The van der Waals surface area contributed by atoms with Crippen LogP contribution in [0, 0.1) is 24.1 Å². The first kappa shape index (κ1) is 13.2. The third kappa shape index (κ3) is 2.98. The fourth-order valence-electron chi connectivity index (χ4n) is 1.81. The van der Waals surface area contributed by atoms with E-state index in [9.17, 15) is 4.39 Å². The van der Waals surface area contributed by atoms with Crippen LogP contribution in [0.15, 0.2) is 24.4 Å². The van der Waals surface area contributed by atoms with Crippen molar-refractivity contribution in [2.24, 2.45) is 7.05 Å². The number of benzene rings is 1. The molecule has 4 nitrogen and oxygen atoms in total. The van der Waals surface area contributed by atoms with Gasteiger partial charge in [0.15, 0.2) is 0 Å². The van der Waals surface area contributed by atoms with Crippen molar-refractivity contribution in [3.05, 3.63) is 52.6 Å². The maximum Gasteiger partial charge on any atom is 0.129 e. The van der Waals surface area contributed by atoms with Crippen LogP contribution < -0.4 is 5.32 Å². The molecule has 0 aliphatic carbocycles. The minimum atomic E-state index is -0.352. The van der Waals surface area contributed by atoms with E-state index < -0.39 is 0 Å². The fraction of sp³-hybridized carbons (Fsp3) is 0.286. The van der Waals surface area contributed by atoms with Crippen LogP contribution in [0.2, 0.25) is 0 Å². The van der Waals surface area contributed by atoms with Crippen molar-refractivity contribution < 1.29 is 4.39 Å². The Morgan fingerprint density at radius 2 is 2.11 bits per heavy atom. The average Bonchev–Trinajstić information content (AvgIpc) is 2.72. The molecule has 0 bridgehead atoms. The number of halogens is 1. The first-order chi connectivity index (χ1) is 9.11. The quantitative estimate of drug-likeness (QED) is 0.913. The second kappa shape index (κ2) is 5.63. The van der Waals surface area contributed by atoms with Gasteiger partial charge in [0.2, 0.25) is 0 Å². The summed E-state index contributed by atoms with van der Waals surface area (Å²) in [4.78, 5) is 0. The number of hydrogen-bond donors (Lipinski definition) is 1. The van der Waals surface area contributed by atoms with Crippen molar-refractivity contribution in [1.29, 1.82) is 5.26 Å². The molecule has 1 heterocycles. The molecular formula is C14H15FN4. The number of aryl methyl sites for hydroxylation is 1. The Morgan fingerprint density at radius 1 is 1.37 bits per heavy atom. The predicted molar refractivity (Wildman–Crippen MR) is 69.6 cm³/mol. The van der Waals surface area contributed by atoms with Gasteiger partial charge in [-0.15, -0.1) is 0 Å². The summed E-state index contributed by atoms with van der Waals surface area (Å²) in [5.41, 5.74) is 3.08. The average molecular weight is 258 g/mol. The van der Waals surface area contributed by atoms with Gasteiger partial charge in [-0.2, -0.15) is 10.4 Å². The van der Waals surface area contributed by atoms with E-state index in [2.05, 4.69) is 10.4 Å². The van der Waals surface area contributed by atoms with Crippen molar-refractivity contribution in [3.63, 3.8) is 0 Å². The molecule has 1 N–H and O–H groups in total. The number of aromatic nitrogens is 2. The van der Waals surface area contributed by atoms with Gasteiger partial charge in [-0.3, -0.25) is 4.68 Å². The van der Waals surface area contributed by atoms with Crippen molar-refractivity contribution >= 4 is 0 Å². The molecule has 1 aromatic heterocycles. The van der Waals surface area contributed by atoms with Crippen molar-refractivity contribution in [3.8, 4) is 6.07 Å². The highest BCUT2D eigenvalue weighted by atomic mass is 19.1. The third-order valence-corrected chi connectivity index (χ3v) is 3.15. The minimum Gasteiger partial charge on any atom is -0.308 e. The summed E-state index contributed by atoms with van der Waals surface area (Å²) in [6, 6.07) is 6.43. The predicted octanol–water partition coefficient (Wildman–Crippen LogP) is 2.03. The highest BCUT2D eigenvalue weighted by Crippen LogP contribution is 2.10. The number of rotatable bonds is 4. The van der Waals surface area contributed by atoms with Crippen LogP contribution >= 0.6 is 0 Å². The molecule has 0 spiro atoms. The normalized spacial score (nSPS) is 10.4. The van der Waals surface area contributed by atoms with E-state index in [1.165, 1.54) is 6.07 Å². The molecule has 98 valence electrons. The van der Waals surface area contributed by atoms with E-state index in [1.54, 1.807) is 23.0 Å². The van der Waals surface area contributed by atoms with Gasteiger partial charge < -0.3 is 5.32 Å². The van der Waals surface area contributed by atoms with E-state index >= 15 is 0 Å². The maximum atomic E-state index is 13.6. The zero-order chi connectivity index (χ0) is 13.8. The van der Waals surface area contributed by atoms with Crippen LogP contribution in [0.3, 0.4) is 0 Å². The van der Waals surface area contributed by atoms with E-state index in [0.29, 0.717) is 24.2 Å². The van der Waals surface area contributed by atoms with E-state index in [1.807, 2.05) is 20.0 Å². The standard InChI is InChI=1S/C14H15FN4/c1-10-13(9-18-19(10)2)8-17-7-12-4-3-11(6-16)5-14(12)15/h3-5,9,17H,7-8H2,1-2H3. The zero-order valence-electron chi connectivity index (χ0n) is 10.9. The lowest BCUT2D eigenvalue weighted by Gasteiger charge is -2.06. The summed E-state index contributed by atoms with van der Waals surface area (Å²) in [6.45, 7) is 3.05. The summed E-state index contributed by atoms with van der Waals surface area (Å²) in [5, 5.41) is 16.0. The molecule has 1 aromatic carbocycles. The first-order valence-corrected chi connectivity index (χ1v) is 5.98. The Labute approximate surface area is 111 Å². The van der Waals surface area contributed by atoms with Gasteiger partial charge in [0, 0.05) is 37.0 Å². The molecule has 0 saturated heterocycles. The van der Waals surface area contributed by atoms with E-state index in [0.717, 1.165) is 11.3 Å². The van der Waals surface area contributed by atoms with Crippen LogP contribution in [0.25, 0.3) is 0 Å². The van der Waals surface area contributed by atoms with Crippen LogP contribution in [0.4, 0.5) is 4.39 Å². The molecule has 0 atom stereocenters. The number of nitrogens with zero attached hydrogens (tertiary/aromatic N) is 3. The summed E-state index contributed by atoms with van der Waals surface area (Å²) in [5.74, 6) is -0.352. The SMILES string of the molecule is Cc1c(CNCc2ccc(C#N)cc2F)cnn1C. The molecule has 0 fully saturated rings. The summed E-state index contributed by atoms with van der Waals surface area (Å²) >= 11 is 0.